The first-order valence-electron chi connectivity index (χ1n) is 22.0. The summed E-state index contributed by atoms with van der Waals surface area (Å²) in [5.41, 5.74) is 7.87. The number of carbonyl (C=O) groups is 3. The zero-order valence-electron chi connectivity index (χ0n) is 35.4. The van der Waals surface area contributed by atoms with Crippen molar-refractivity contribution in [1.82, 2.24) is 40.0 Å². The normalized spacial score (nSPS) is 22.7. The summed E-state index contributed by atoms with van der Waals surface area (Å²) in [6.07, 6.45) is 6.49. The number of anilines is 4. The molecule has 5 aromatic rings. The topological polar surface area (TPSA) is 143 Å². The molecule has 0 spiro atoms. The van der Waals surface area contributed by atoms with Crippen molar-refractivity contribution in [3.63, 3.8) is 0 Å². The Balaban J connectivity index is 0.749. The van der Waals surface area contributed by atoms with E-state index in [0.29, 0.717) is 79.3 Å². The van der Waals surface area contributed by atoms with Crippen LogP contribution in [0.4, 0.5) is 40.8 Å². The Morgan fingerprint density at radius 3 is 2.45 bits per heavy atom. The number of imidazole rings is 1. The first kappa shape index (κ1) is 42.2. The van der Waals surface area contributed by atoms with Crippen LogP contribution in [-0.4, -0.2) is 118 Å². The predicted molar refractivity (Wildman–Crippen MR) is 237 cm³/mol. The van der Waals surface area contributed by atoms with E-state index in [9.17, 15) is 18.8 Å². The number of benzene rings is 2. The van der Waals surface area contributed by atoms with E-state index in [4.69, 9.17) is 21.7 Å². The molecule has 1 aliphatic carbocycles. The molecular formula is C46H49ClF3N11O3. The molecule has 2 unspecified atom stereocenters. The van der Waals surface area contributed by atoms with Crippen molar-refractivity contribution in [2.24, 2.45) is 5.92 Å². The van der Waals surface area contributed by atoms with Gasteiger partial charge in [-0.3, -0.25) is 34.6 Å². The summed E-state index contributed by atoms with van der Waals surface area (Å²) in [7, 11) is 1.79. The van der Waals surface area contributed by atoms with Crippen LogP contribution in [0.25, 0.3) is 16.9 Å². The van der Waals surface area contributed by atoms with Crippen molar-refractivity contribution in [2.45, 2.75) is 75.7 Å². The Labute approximate surface area is 373 Å². The van der Waals surface area contributed by atoms with E-state index in [1.54, 1.807) is 30.1 Å². The molecule has 4 fully saturated rings. The van der Waals surface area contributed by atoms with Crippen molar-refractivity contribution in [3.05, 3.63) is 94.4 Å². The van der Waals surface area contributed by atoms with Crippen molar-refractivity contribution in [1.29, 1.82) is 0 Å². The van der Waals surface area contributed by atoms with Crippen LogP contribution in [0, 0.1) is 5.92 Å². The van der Waals surface area contributed by atoms with Crippen molar-refractivity contribution in [2.75, 3.05) is 61.4 Å². The number of alkyl halides is 3. The van der Waals surface area contributed by atoms with Gasteiger partial charge in [-0.05, 0) is 92.1 Å². The summed E-state index contributed by atoms with van der Waals surface area (Å²) in [6.45, 7) is 2.60. The van der Waals surface area contributed by atoms with Crippen molar-refractivity contribution < 1.29 is 27.6 Å². The summed E-state index contributed by atoms with van der Waals surface area (Å²) < 4.78 is 46.8. The van der Waals surface area contributed by atoms with Crippen LogP contribution in [-0.2, 0) is 24.2 Å². The molecule has 64 heavy (non-hydrogen) atoms. The highest BCUT2D eigenvalue weighted by molar-refractivity contribution is 6.34. The van der Waals surface area contributed by atoms with E-state index in [2.05, 4.69) is 50.1 Å². The van der Waals surface area contributed by atoms with Gasteiger partial charge in [-0.25, -0.2) is 27.5 Å². The van der Waals surface area contributed by atoms with Crippen LogP contribution in [0.2, 0.25) is 5.02 Å². The zero-order chi connectivity index (χ0) is 44.3. The predicted octanol–water partition coefficient (Wildman–Crippen LogP) is 6.63. The second kappa shape index (κ2) is 17.0. The van der Waals surface area contributed by atoms with Gasteiger partial charge in [0.2, 0.25) is 5.91 Å². The average Bonchev–Trinajstić information content (AvgIpc) is 3.59. The quantitative estimate of drug-likeness (QED) is 0.132. The number of halogens is 4. The Morgan fingerprint density at radius 1 is 0.922 bits per heavy atom. The number of likely N-dealkylation sites (tertiary alicyclic amines) is 2. The van der Waals surface area contributed by atoms with Gasteiger partial charge in [-0.15, -0.1) is 5.10 Å². The van der Waals surface area contributed by atoms with Gasteiger partial charge in [0, 0.05) is 69.6 Å². The number of hydrogen-bond acceptors (Lipinski definition) is 10. The average molecular weight is 896 g/mol. The lowest BCUT2D eigenvalue weighted by atomic mass is 9.88. The molecule has 1 saturated carbocycles. The highest BCUT2D eigenvalue weighted by Gasteiger charge is 2.48. The fourth-order valence-electron chi connectivity index (χ4n) is 9.90. The van der Waals surface area contributed by atoms with Gasteiger partial charge in [0.25, 0.3) is 11.8 Å². The third kappa shape index (κ3) is 8.24. The van der Waals surface area contributed by atoms with E-state index in [0.717, 1.165) is 59.3 Å². The summed E-state index contributed by atoms with van der Waals surface area (Å²) in [5, 5.41) is 13.4. The molecule has 5 aliphatic rings. The summed E-state index contributed by atoms with van der Waals surface area (Å²) >= 11 is 6.41. The molecule has 4 amide bonds. The van der Waals surface area contributed by atoms with Gasteiger partial charge in [-0.2, -0.15) is 0 Å². The van der Waals surface area contributed by atoms with Gasteiger partial charge in [0.1, 0.15) is 6.17 Å². The lowest BCUT2D eigenvalue weighted by Gasteiger charge is -2.46. The van der Waals surface area contributed by atoms with Crippen molar-refractivity contribution in [3.8, 4) is 11.3 Å². The molecule has 10 rings (SSSR count). The minimum absolute atomic E-state index is 0.161. The van der Waals surface area contributed by atoms with Crippen molar-refractivity contribution >= 4 is 58.0 Å². The van der Waals surface area contributed by atoms with E-state index in [1.165, 1.54) is 15.6 Å². The Hall–Kier alpha value is -5.78. The largest absolute Gasteiger partial charge is 0.385 e. The van der Waals surface area contributed by atoms with Gasteiger partial charge >= 0.3 is 6.03 Å². The highest BCUT2D eigenvalue weighted by Crippen LogP contribution is 2.41. The van der Waals surface area contributed by atoms with Crippen LogP contribution in [0.5, 0.6) is 0 Å². The van der Waals surface area contributed by atoms with Gasteiger partial charge in [-0.1, -0.05) is 35.9 Å². The third-order valence-corrected chi connectivity index (χ3v) is 13.7. The Kier molecular flexibility index (Phi) is 11.2. The van der Waals surface area contributed by atoms with Crippen LogP contribution in [0.3, 0.4) is 0 Å². The number of piperidine rings is 2. The molecular weight excluding hydrogens is 847 g/mol. The molecule has 334 valence electrons. The van der Waals surface area contributed by atoms with E-state index in [1.807, 2.05) is 23.2 Å². The molecule has 3 aromatic heterocycles. The zero-order valence-corrected chi connectivity index (χ0v) is 36.1. The minimum atomic E-state index is -2.89. The highest BCUT2D eigenvalue weighted by atomic mass is 35.5. The number of fused-ring (bicyclic) bond motifs is 2. The van der Waals surface area contributed by atoms with Gasteiger partial charge in [0.05, 0.1) is 46.9 Å². The lowest BCUT2D eigenvalue weighted by Crippen LogP contribution is -2.59. The molecule has 3 atom stereocenters. The first-order valence-corrected chi connectivity index (χ1v) is 22.4. The maximum Gasteiger partial charge on any atom is 0.328 e. The third-order valence-electron chi connectivity index (χ3n) is 13.4. The molecule has 4 aliphatic heterocycles. The molecule has 0 bridgehead atoms. The number of hydrogen-bond donors (Lipinski definition) is 3. The van der Waals surface area contributed by atoms with Gasteiger partial charge < -0.3 is 15.5 Å². The SMILES string of the molecule is CNc1cc(N2CCc3c(-c4ccc(CC5CCN(C6CCN(Cc7ccc(Cl)c(N8CCC(=O)NC8=O)c7)CC6(F)F)CC5)cn4)cccc32)nn2c(C(=O)NC3C[C@@H]3F)cnc12. The Morgan fingerprint density at radius 2 is 1.72 bits per heavy atom. The number of pyridine rings is 1. The molecule has 14 nitrogen and oxygen atoms in total. The number of amides is 4. The maximum absolute atomic E-state index is 15.9. The number of carbonyl (C=O) groups excluding carboxylic acids is 3. The smallest absolute Gasteiger partial charge is 0.328 e. The summed E-state index contributed by atoms with van der Waals surface area (Å²) in [4.78, 5) is 53.8. The van der Waals surface area contributed by atoms with E-state index in [-0.39, 0.29) is 31.1 Å². The van der Waals surface area contributed by atoms with Crippen LogP contribution in [0.15, 0.2) is 67.0 Å². The number of aromatic nitrogens is 4. The number of urea groups is 1. The molecule has 18 heteroatoms. The van der Waals surface area contributed by atoms with E-state index < -0.39 is 36.1 Å². The number of imide groups is 1. The second-order valence-corrected chi connectivity index (χ2v) is 18.0. The van der Waals surface area contributed by atoms with Crippen LogP contribution >= 0.6 is 11.6 Å². The molecule has 3 N–H and O–H groups in total. The van der Waals surface area contributed by atoms with Gasteiger partial charge in [0.15, 0.2) is 17.2 Å². The van der Waals surface area contributed by atoms with E-state index >= 15 is 8.78 Å². The maximum atomic E-state index is 15.9. The second-order valence-electron chi connectivity index (χ2n) is 17.6. The molecule has 7 heterocycles. The summed E-state index contributed by atoms with van der Waals surface area (Å²) in [6, 6.07) is 15.7. The number of nitrogens with one attached hydrogen (secondary N) is 3. The molecule has 2 aromatic carbocycles. The van der Waals surface area contributed by atoms with Crippen LogP contribution < -0.4 is 25.8 Å². The first-order chi connectivity index (χ1) is 30.9. The fraction of sp³-hybridized carbons (Fsp3) is 0.435. The molecule has 0 radical (unpaired) electrons. The summed E-state index contributed by atoms with van der Waals surface area (Å²) in [5.74, 6) is -2.62. The standard InChI is InChI=1S/C46H49ClF3N11O3/c1-51-36-22-41(56-61-39(24-53-43(36)61)44(63)54-35-21-33(35)48)59-17-11-31-30(3-2-4-37(31)59)34-8-6-28(23-52-34)19-27-9-15-58(16-10-27)40-12-14-57(26-46(40,49)50)25-29-5-7-32(47)38(20-29)60-18-13-42(62)55-45(60)64/h2-8,20,22-24,27,33,35,40,51H,9-19,21,25-26H2,1H3,(H,54,63)(H,55,62,64)/t33-,35?,40?/m0/s1. The van der Waals surface area contributed by atoms with Crippen LogP contribution in [0.1, 0.15) is 59.3 Å². The monoisotopic (exact) mass is 895 g/mol. The lowest BCUT2D eigenvalue weighted by molar-refractivity contribution is -0.133. The Bertz CT molecular complexity index is 2620. The minimum Gasteiger partial charge on any atom is -0.385 e. The fourth-order valence-corrected chi connectivity index (χ4v) is 10.1. The number of nitrogens with zero attached hydrogens (tertiary/aromatic N) is 8. The number of rotatable bonds is 11. The molecule has 3 saturated heterocycles.